The molecular formula is C19H21N3O3S. The molecule has 0 saturated heterocycles. The highest BCUT2D eigenvalue weighted by molar-refractivity contribution is 7.89. The Balaban J connectivity index is 1.65. The number of aryl methyl sites for hydroxylation is 2. The lowest BCUT2D eigenvalue weighted by Crippen LogP contribution is -2.26. The van der Waals surface area contributed by atoms with Crippen LogP contribution in [0.25, 0.3) is 10.9 Å². The van der Waals surface area contributed by atoms with Crippen LogP contribution in [0.5, 0.6) is 0 Å². The van der Waals surface area contributed by atoms with Crippen molar-refractivity contribution in [2.45, 2.75) is 25.2 Å². The highest BCUT2D eigenvalue weighted by Crippen LogP contribution is 2.22. The summed E-state index contributed by atoms with van der Waals surface area (Å²) in [5.41, 5.74) is 4.49. The molecule has 0 aliphatic rings. The average Bonchev–Trinajstić information content (AvgIpc) is 2.90. The van der Waals surface area contributed by atoms with Gasteiger partial charge in [-0.25, -0.2) is 13.6 Å². The standard InChI is InChI=1S/C19H21N3O3S/c1-12-3-8-16-13(2)18(22-17(16)11-12)19(23)21-10-9-14-4-6-15(7-5-14)26(20,24)25/h3-8,11,22H,9-10H2,1-2H3,(H,21,23)(H2,20,24,25). The third-order valence-corrected chi connectivity index (χ3v) is 5.32. The lowest BCUT2D eigenvalue weighted by Gasteiger charge is -2.06. The van der Waals surface area contributed by atoms with Gasteiger partial charge in [0.25, 0.3) is 5.91 Å². The van der Waals surface area contributed by atoms with Crippen molar-refractivity contribution in [2.24, 2.45) is 5.14 Å². The molecule has 136 valence electrons. The number of primary sulfonamides is 1. The van der Waals surface area contributed by atoms with Crippen LogP contribution in [0.3, 0.4) is 0 Å². The fraction of sp³-hybridized carbons (Fsp3) is 0.211. The largest absolute Gasteiger partial charge is 0.350 e. The molecule has 0 bridgehead atoms. The minimum Gasteiger partial charge on any atom is -0.350 e. The van der Waals surface area contributed by atoms with E-state index in [9.17, 15) is 13.2 Å². The maximum Gasteiger partial charge on any atom is 0.268 e. The molecule has 3 rings (SSSR count). The Morgan fingerprint density at radius 1 is 1.12 bits per heavy atom. The van der Waals surface area contributed by atoms with E-state index in [0.717, 1.165) is 27.6 Å². The SMILES string of the molecule is Cc1ccc2c(C)c(C(=O)NCCc3ccc(S(N)(=O)=O)cc3)[nH]c2c1. The van der Waals surface area contributed by atoms with Gasteiger partial charge >= 0.3 is 0 Å². The molecule has 0 spiro atoms. The highest BCUT2D eigenvalue weighted by Gasteiger charge is 2.14. The van der Waals surface area contributed by atoms with E-state index in [4.69, 9.17) is 5.14 Å². The molecule has 0 fully saturated rings. The summed E-state index contributed by atoms with van der Waals surface area (Å²) in [5, 5.41) is 9.01. The van der Waals surface area contributed by atoms with Crippen LogP contribution in [0.2, 0.25) is 0 Å². The number of rotatable bonds is 5. The Morgan fingerprint density at radius 3 is 2.46 bits per heavy atom. The number of hydrogen-bond acceptors (Lipinski definition) is 3. The molecule has 1 heterocycles. The molecule has 0 aliphatic heterocycles. The van der Waals surface area contributed by atoms with Gasteiger partial charge in [0.2, 0.25) is 10.0 Å². The maximum atomic E-state index is 12.5. The van der Waals surface area contributed by atoms with E-state index in [0.29, 0.717) is 18.7 Å². The van der Waals surface area contributed by atoms with Gasteiger partial charge in [-0.2, -0.15) is 0 Å². The second-order valence-electron chi connectivity index (χ2n) is 6.37. The number of amides is 1. The minimum atomic E-state index is -3.68. The monoisotopic (exact) mass is 371 g/mol. The van der Waals surface area contributed by atoms with Crippen LogP contribution in [0.15, 0.2) is 47.4 Å². The molecule has 0 radical (unpaired) electrons. The van der Waals surface area contributed by atoms with Crippen molar-refractivity contribution in [3.8, 4) is 0 Å². The van der Waals surface area contributed by atoms with E-state index in [-0.39, 0.29) is 10.8 Å². The summed E-state index contributed by atoms with van der Waals surface area (Å²) in [7, 11) is -3.68. The molecule has 1 aromatic heterocycles. The number of fused-ring (bicyclic) bond motifs is 1. The molecule has 0 unspecified atom stereocenters. The summed E-state index contributed by atoms with van der Waals surface area (Å²) < 4.78 is 22.5. The summed E-state index contributed by atoms with van der Waals surface area (Å²) in [5.74, 6) is -0.155. The Bertz CT molecular complexity index is 1070. The van der Waals surface area contributed by atoms with E-state index in [1.54, 1.807) is 12.1 Å². The number of aromatic nitrogens is 1. The highest BCUT2D eigenvalue weighted by atomic mass is 32.2. The molecule has 7 heteroatoms. The van der Waals surface area contributed by atoms with Crippen LogP contribution < -0.4 is 10.5 Å². The fourth-order valence-corrected chi connectivity index (χ4v) is 3.45. The third-order valence-electron chi connectivity index (χ3n) is 4.39. The molecule has 26 heavy (non-hydrogen) atoms. The van der Waals surface area contributed by atoms with Crippen molar-refractivity contribution in [3.05, 3.63) is 64.8 Å². The summed E-state index contributed by atoms with van der Waals surface area (Å²) in [6.45, 7) is 4.38. The summed E-state index contributed by atoms with van der Waals surface area (Å²) in [6, 6.07) is 12.4. The molecule has 2 aromatic carbocycles. The van der Waals surface area contributed by atoms with Crippen molar-refractivity contribution >= 4 is 26.8 Å². The summed E-state index contributed by atoms with van der Waals surface area (Å²) in [6.07, 6.45) is 0.592. The van der Waals surface area contributed by atoms with Gasteiger partial charge in [0, 0.05) is 17.4 Å². The second-order valence-corrected chi connectivity index (χ2v) is 7.93. The zero-order valence-electron chi connectivity index (χ0n) is 14.7. The topological polar surface area (TPSA) is 105 Å². The van der Waals surface area contributed by atoms with E-state index < -0.39 is 10.0 Å². The summed E-state index contributed by atoms with van der Waals surface area (Å²) in [4.78, 5) is 15.7. The van der Waals surface area contributed by atoms with Crippen LogP contribution in [-0.4, -0.2) is 25.9 Å². The Hall–Kier alpha value is -2.64. The Kier molecular flexibility index (Phi) is 4.84. The van der Waals surface area contributed by atoms with Crippen LogP contribution >= 0.6 is 0 Å². The molecule has 1 amide bonds. The Labute approximate surface area is 152 Å². The van der Waals surface area contributed by atoms with Crippen LogP contribution in [0.1, 0.15) is 27.2 Å². The number of nitrogens with one attached hydrogen (secondary N) is 2. The predicted octanol–water partition coefficient (Wildman–Crippen LogP) is 2.40. The van der Waals surface area contributed by atoms with E-state index in [1.165, 1.54) is 12.1 Å². The molecule has 0 saturated carbocycles. The second kappa shape index (κ2) is 6.93. The molecule has 3 aromatic rings. The normalized spacial score (nSPS) is 11.7. The van der Waals surface area contributed by atoms with Crippen molar-refractivity contribution < 1.29 is 13.2 Å². The van der Waals surface area contributed by atoms with Gasteiger partial charge in [0.1, 0.15) is 5.69 Å². The van der Waals surface area contributed by atoms with Gasteiger partial charge in [0.05, 0.1) is 4.90 Å². The first-order chi connectivity index (χ1) is 12.3. The first-order valence-electron chi connectivity index (χ1n) is 8.24. The van der Waals surface area contributed by atoms with Crippen molar-refractivity contribution in [2.75, 3.05) is 6.54 Å². The molecule has 0 aliphatic carbocycles. The quantitative estimate of drug-likeness (QED) is 0.641. The van der Waals surface area contributed by atoms with Crippen molar-refractivity contribution in [1.29, 1.82) is 0 Å². The zero-order valence-corrected chi connectivity index (χ0v) is 15.5. The van der Waals surface area contributed by atoms with Crippen LogP contribution in [-0.2, 0) is 16.4 Å². The van der Waals surface area contributed by atoms with Gasteiger partial charge in [-0.1, -0.05) is 24.3 Å². The number of H-pyrrole nitrogens is 1. The Morgan fingerprint density at radius 2 is 1.81 bits per heavy atom. The number of carbonyl (C=O) groups is 1. The number of nitrogens with two attached hydrogens (primary N) is 1. The third kappa shape index (κ3) is 3.79. The van der Waals surface area contributed by atoms with E-state index in [1.807, 2.05) is 32.0 Å². The number of aromatic amines is 1. The lowest BCUT2D eigenvalue weighted by molar-refractivity contribution is 0.0949. The van der Waals surface area contributed by atoms with E-state index in [2.05, 4.69) is 10.3 Å². The predicted molar refractivity (Wildman–Crippen MR) is 102 cm³/mol. The molecular weight excluding hydrogens is 350 g/mol. The van der Waals surface area contributed by atoms with Crippen LogP contribution in [0, 0.1) is 13.8 Å². The smallest absolute Gasteiger partial charge is 0.268 e. The fourth-order valence-electron chi connectivity index (χ4n) is 2.93. The summed E-state index contributed by atoms with van der Waals surface area (Å²) >= 11 is 0. The number of sulfonamides is 1. The first kappa shape index (κ1) is 18.2. The van der Waals surface area contributed by atoms with Gasteiger partial charge in [-0.3, -0.25) is 4.79 Å². The lowest BCUT2D eigenvalue weighted by atomic mass is 10.1. The van der Waals surface area contributed by atoms with Crippen LogP contribution in [0.4, 0.5) is 0 Å². The number of hydrogen-bond donors (Lipinski definition) is 3. The molecule has 6 nitrogen and oxygen atoms in total. The van der Waals surface area contributed by atoms with Crippen molar-refractivity contribution in [1.82, 2.24) is 10.3 Å². The van der Waals surface area contributed by atoms with Gasteiger partial charge in [0.15, 0.2) is 0 Å². The molecule has 0 atom stereocenters. The average molecular weight is 371 g/mol. The first-order valence-corrected chi connectivity index (χ1v) is 9.79. The molecule has 4 N–H and O–H groups in total. The maximum absolute atomic E-state index is 12.5. The van der Waals surface area contributed by atoms with Crippen molar-refractivity contribution in [3.63, 3.8) is 0 Å². The minimum absolute atomic E-state index is 0.0780. The van der Waals surface area contributed by atoms with Gasteiger partial charge in [-0.15, -0.1) is 0 Å². The zero-order chi connectivity index (χ0) is 18.9. The number of carbonyl (C=O) groups excluding carboxylic acids is 1. The van der Waals surface area contributed by atoms with Gasteiger partial charge < -0.3 is 10.3 Å². The van der Waals surface area contributed by atoms with Gasteiger partial charge in [-0.05, 0) is 55.2 Å². The number of benzene rings is 2. The van der Waals surface area contributed by atoms with E-state index >= 15 is 0 Å².